The van der Waals surface area contributed by atoms with Gasteiger partial charge in [-0.2, -0.15) is 0 Å². The van der Waals surface area contributed by atoms with Gasteiger partial charge in [-0.1, -0.05) is 36.4 Å². The molecule has 0 bridgehead atoms. The SMILES string of the molecule is O=c1c2cc(CC3COC3)ccc2ccn1CC(O)CN1CCc2ccccc2C1. The molecule has 2 aliphatic rings. The lowest BCUT2D eigenvalue weighted by Gasteiger charge is -2.30. The first-order chi connectivity index (χ1) is 14.7. The van der Waals surface area contributed by atoms with Crippen LogP contribution in [0.2, 0.25) is 0 Å². The van der Waals surface area contributed by atoms with Crippen molar-refractivity contribution in [3.05, 3.63) is 81.8 Å². The predicted octanol–water partition coefficient (Wildman–Crippen LogP) is 2.61. The maximum atomic E-state index is 13.1. The van der Waals surface area contributed by atoms with Crippen LogP contribution < -0.4 is 5.56 Å². The molecule has 5 rings (SSSR count). The maximum Gasteiger partial charge on any atom is 0.258 e. The van der Waals surface area contributed by atoms with E-state index in [2.05, 4.69) is 35.2 Å². The molecule has 1 unspecified atom stereocenters. The van der Waals surface area contributed by atoms with E-state index in [0.29, 0.717) is 19.0 Å². The summed E-state index contributed by atoms with van der Waals surface area (Å²) in [6.45, 7) is 4.30. The first-order valence-electron chi connectivity index (χ1n) is 10.8. The van der Waals surface area contributed by atoms with E-state index in [9.17, 15) is 9.90 Å². The van der Waals surface area contributed by atoms with E-state index in [-0.39, 0.29) is 5.56 Å². The second kappa shape index (κ2) is 8.34. The summed E-state index contributed by atoms with van der Waals surface area (Å²) in [7, 11) is 0. The van der Waals surface area contributed by atoms with Crippen LogP contribution in [-0.2, 0) is 30.7 Å². The first-order valence-corrected chi connectivity index (χ1v) is 10.8. The minimum Gasteiger partial charge on any atom is -0.390 e. The monoisotopic (exact) mass is 404 g/mol. The Kier molecular flexibility index (Phi) is 5.42. The molecule has 5 heteroatoms. The summed E-state index contributed by atoms with van der Waals surface area (Å²) in [5.41, 5.74) is 3.89. The fraction of sp³-hybridized carbons (Fsp3) is 0.400. The van der Waals surface area contributed by atoms with Gasteiger partial charge in [0.15, 0.2) is 0 Å². The number of nitrogens with zero attached hydrogens (tertiary/aromatic N) is 2. The number of β-amino-alcohol motifs (C(OH)–C–C–N with tert-alkyl or cyclic N) is 1. The van der Waals surface area contributed by atoms with Crippen LogP contribution in [0.1, 0.15) is 16.7 Å². The molecule has 5 nitrogen and oxygen atoms in total. The zero-order valence-corrected chi connectivity index (χ0v) is 17.2. The molecule has 0 spiro atoms. The van der Waals surface area contributed by atoms with Crippen LogP contribution in [0.25, 0.3) is 10.8 Å². The topological polar surface area (TPSA) is 54.7 Å². The quantitative estimate of drug-likeness (QED) is 0.686. The smallest absolute Gasteiger partial charge is 0.258 e. The molecule has 1 saturated heterocycles. The van der Waals surface area contributed by atoms with Crippen LogP contribution in [0.3, 0.4) is 0 Å². The molecule has 1 aromatic heterocycles. The van der Waals surface area contributed by atoms with E-state index in [1.54, 1.807) is 10.8 Å². The van der Waals surface area contributed by atoms with E-state index in [1.165, 1.54) is 16.7 Å². The van der Waals surface area contributed by atoms with Crippen LogP contribution in [0, 0.1) is 5.92 Å². The average Bonchev–Trinajstić information content (AvgIpc) is 2.73. The van der Waals surface area contributed by atoms with Crippen LogP contribution in [-0.4, -0.2) is 47.0 Å². The molecule has 0 aliphatic carbocycles. The van der Waals surface area contributed by atoms with E-state index in [4.69, 9.17) is 4.74 Å². The number of ether oxygens (including phenoxy) is 1. The van der Waals surface area contributed by atoms with Gasteiger partial charge in [0, 0.05) is 37.1 Å². The zero-order chi connectivity index (χ0) is 20.5. The molecule has 3 heterocycles. The Labute approximate surface area is 176 Å². The summed E-state index contributed by atoms with van der Waals surface area (Å²) in [5, 5.41) is 12.4. The van der Waals surface area contributed by atoms with Crippen LogP contribution in [0.15, 0.2) is 59.5 Å². The van der Waals surface area contributed by atoms with E-state index >= 15 is 0 Å². The Morgan fingerprint density at radius 1 is 1.07 bits per heavy atom. The number of pyridine rings is 1. The molecule has 2 aliphatic heterocycles. The van der Waals surface area contributed by atoms with Gasteiger partial charge in [-0.25, -0.2) is 0 Å². The summed E-state index contributed by atoms with van der Waals surface area (Å²) in [5.74, 6) is 0.560. The van der Waals surface area contributed by atoms with E-state index in [1.807, 2.05) is 18.2 Å². The van der Waals surface area contributed by atoms with E-state index in [0.717, 1.165) is 49.9 Å². The van der Waals surface area contributed by atoms with Gasteiger partial charge in [-0.05, 0) is 47.1 Å². The summed E-state index contributed by atoms with van der Waals surface area (Å²) in [4.78, 5) is 15.3. The Morgan fingerprint density at radius 2 is 1.90 bits per heavy atom. The number of rotatable bonds is 6. The largest absolute Gasteiger partial charge is 0.390 e. The molecule has 156 valence electrons. The average molecular weight is 405 g/mol. The van der Waals surface area contributed by atoms with Crippen LogP contribution >= 0.6 is 0 Å². The summed E-state index contributed by atoms with van der Waals surface area (Å²) in [6, 6.07) is 16.6. The van der Waals surface area contributed by atoms with Crippen LogP contribution in [0.4, 0.5) is 0 Å². The van der Waals surface area contributed by atoms with Crippen molar-refractivity contribution in [3.8, 4) is 0 Å². The number of aliphatic hydroxyl groups is 1. The zero-order valence-electron chi connectivity index (χ0n) is 17.2. The molecule has 3 aromatic rings. The van der Waals surface area contributed by atoms with Gasteiger partial charge in [-0.3, -0.25) is 9.69 Å². The molecule has 1 atom stereocenters. The van der Waals surface area contributed by atoms with Crippen molar-refractivity contribution in [1.29, 1.82) is 0 Å². The second-order valence-corrected chi connectivity index (χ2v) is 8.71. The molecule has 0 amide bonds. The third-order valence-electron chi connectivity index (χ3n) is 6.36. The van der Waals surface area contributed by atoms with Crippen molar-refractivity contribution in [2.45, 2.75) is 32.0 Å². The fourth-order valence-corrected chi connectivity index (χ4v) is 4.63. The highest BCUT2D eigenvalue weighted by Crippen LogP contribution is 2.20. The van der Waals surface area contributed by atoms with Gasteiger partial charge in [-0.15, -0.1) is 0 Å². The Hall–Kier alpha value is -2.47. The molecular weight excluding hydrogens is 376 g/mol. The third-order valence-corrected chi connectivity index (χ3v) is 6.36. The number of aliphatic hydroxyl groups excluding tert-OH is 1. The summed E-state index contributed by atoms with van der Waals surface area (Å²) >= 11 is 0. The summed E-state index contributed by atoms with van der Waals surface area (Å²) in [6.07, 6.45) is 3.18. The van der Waals surface area contributed by atoms with Gasteiger partial charge >= 0.3 is 0 Å². The number of aromatic nitrogens is 1. The van der Waals surface area contributed by atoms with Crippen molar-refractivity contribution in [2.24, 2.45) is 5.92 Å². The Balaban J connectivity index is 1.28. The predicted molar refractivity (Wildman–Crippen MR) is 118 cm³/mol. The Morgan fingerprint density at radius 3 is 2.70 bits per heavy atom. The lowest BCUT2D eigenvalue weighted by atomic mass is 9.96. The van der Waals surface area contributed by atoms with Gasteiger partial charge < -0.3 is 14.4 Å². The Bertz CT molecular complexity index is 1100. The second-order valence-electron chi connectivity index (χ2n) is 8.71. The number of fused-ring (bicyclic) bond motifs is 2. The van der Waals surface area contributed by atoms with Gasteiger partial charge in [0.05, 0.1) is 25.9 Å². The molecular formula is C25H28N2O3. The standard InChI is InChI=1S/C25H28N2O3/c28-23(14-26-9-7-20-3-1-2-4-22(20)13-26)15-27-10-8-21-6-5-18(11-19-16-30-17-19)12-24(21)25(27)29/h1-6,8,10,12,19,23,28H,7,9,11,13-17H2. The summed E-state index contributed by atoms with van der Waals surface area (Å²) < 4.78 is 6.92. The van der Waals surface area contributed by atoms with Gasteiger partial charge in [0.1, 0.15) is 0 Å². The fourth-order valence-electron chi connectivity index (χ4n) is 4.63. The van der Waals surface area contributed by atoms with Crippen molar-refractivity contribution < 1.29 is 9.84 Å². The molecule has 1 N–H and O–H groups in total. The molecule has 0 saturated carbocycles. The highest BCUT2D eigenvalue weighted by molar-refractivity contribution is 5.82. The number of hydrogen-bond donors (Lipinski definition) is 1. The minimum absolute atomic E-state index is 0.0257. The lowest BCUT2D eigenvalue weighted by molar-refractivity contribution is -0.0312. The minimum atomic E-state index is -0.583. The van der Waals surface area contributed by atoms with Gasteiger partial charge in [0.25, 0.3) is 5.56 Å². The number of hydrogen-bond acceptors (Lipinski definition) is 4. The molecule has 2 aromatic carbocycles. The third kappa shape index (κ3) is 4.06. The van der Waals surface area contributed by atoms with Gasteiger partial charge in [0.2, 0.25) is 0 Å². The maximum absolute atomic E-state index is 13.1. The normalized spacial score (nSPS) is 18.2. The van der Waals surface area contributed by atoms with Crippen molar-refractivity contribution in [1.82, 2.24) is 9.47 Å². The molecule has 30 heavy (non-hydrogen) atoms. The molecule has 1 fully saturated rings. The lowest BCUT2D eigenvalue weighted by Crippen LogP contribution is -2.39. The van der Waals surface area contributed by atoms with Crippen molar-refractivity contribution >= 4 is 10.8 Å². The van der Waals surface area contributed by atoms with Crippen LogP contribution in [0.5, 0.6) is 0 Å². The number of benzene rings is 2. The van der Waals surface area contributed by atoms with Crippen molar-refractivity contribution in [3.63, 3.8) is 0 Å². The van der Waals surface area contributed by atoms with Crippen molar-refractivity contribution in [2.75, 3.05) is 26.3 Å². The highest BCUT2D eigenvalue weighted by Gasteiger charge is 2.20. The highest BCUT2D eigenvalue weighted by atomic mass is 16.5. The van der Waals surface area contributed by atoms with E-state index < -0.39 is 6.10 Å². The molecule has 0 radical (unpaired) electrons. The first kappa shape index (κ1) is 19.5.